The minimum atomic E-state index is 0.153. The van der Waals surface area contributed by atoms with Crippen LogP contribution in [0.1, 0.15) is 32.6 Å². The first kappa shape index (κ1) is 12.3. The molecule has 3 atom stereocenters. The lowest BCUT2D eigenvalue weighted by molar-refractivity contribution is 0.0813. The van der Waals surface area contributed by atoms with Gasteiger partial charge in [-0.2, -0.15) is 0 Å². The highest BCUT2D eigenvalue weighted by Crippen LogP contribution is 2.40. The molecule has 1 aliphatic carbocycles. The van der Waals surface area contributed by atoms with Crippen LogP contribution in [0.2, 0.25) is 0 Å². The van der Waals surface area contributed by atoms with Crippen LogP contribution in [-0.2, 0) is 4.74 Å². The fourth-order valence-corrected chi connectivity index (χ4v) is 3.39. The van der Waals surface area contributed by atoms with Gasteiger partial charge in [0.15, 0.2) is 0 Å². The maximum atomic E-state index is 5.98. The molecule has 2 N–H and O–H groups in total. The molecule has 3 nitrogen and oxygen atoms in total. The first-order valence-electron chi connectivity index (χ1n) is 6.63. The Bertz CT molecular complexity index is 222. The largest absolute Gasteiger partial charge is 0.385 e. The van der Waals surface area contributed by atoms with Crippen LogP contribution in [0.4, 0.5) is 0 Å². The highest BCUT2D eigenvalue weighted by molar-refractivity contribution is 4.97. The summed E-state index contributed by atoms with van der Waals surface area (Å²) in [5.41, 5.74) is 6.13. The Morgan fingerprint density at radius 2 is 1.94 bits per heavy atom. The van der Waals surface area contributed by atoms with E-state index in [0.717, 1.165) is 31.4 Å². The number of methoxy groups -OCH3 is 1. The third kappa shape index (κ3) is 2.27. The van der Waals surface area contributed by atoms with E-state index >= 15 is 0 Å². The van der Waals surface area contributed by atoms with E-state index in [9.17, 15) is 0 Å². The molecule has 0 aromatic rings. The molecule has 0 radical (unpaired) electrons. The van der Waals surface area contributed by atoms with Crippen molar-refractivity contribution in [3.8, 4) is 0 Å². The summed E-state index contributed by atoms with van der Waals surface area (Å²) in [5, 5.41) is 0. The summed E-state index contributed by atoms with van der Waals surface area (Å²) < 4.78 is 5.21. The Labute approximate surface area is 99.3 Å². The summed E-state index contributed by atoms with van der Waals surface area (Å²) >= 11 is 0. The van der Waals surface area contributed by atoms with E-state index in [1.165, 1.54) is 32.4 Å². The monoisotopic (exact) mass is 226 g/mol. The van der Waals surface area contributed by atoms with Crippen LogP contribution in [0.3, 0.4) is 0 Å². The van der Waals surface area contributed by atoms with E-state index in [-0.39, 0.29) is 5.54 Å². The van der Waals surface area contributed by atoms with Gasteiger partial charge >= 0.3 is 0 Å². The second-order valence-corrected chi connectivity index (χ2v) is 5.80. The van der Waals surface area contributed by atoms with Gasteiger partial charge in [0.1, 0.15) is 0 Å². The van der Waals surface area contributed by atoms with Crippen molar-refractivity contribution in [2.75, 3.05) is 33.4 Å². The molecule has 0 amide bonds. The fraction of sp³-hybridized carbons (Fsp3) is 1.00. The van der Waals surface area contributed by atoms with Gasteiger partial charge in [0.25, 0.3) is 0 Å². The SMILES string of the molecule is COCCC(C)(CN)N1CC2CCCC2C1. The number of nitrogens with zero attached hydrogens (tertiary/aromatic N) is 1. The van der Waals surface area contributed by atoms with E-state index in [4.69, 9.17) is 10.5 Å². The van der Waals surface area contributed by atoms with E-state index in [1.54, 1.807) is 7.11 Å². The average Bonchev–Trinajstić information content (AvgIpc) is 2.86. The van der Waals surface area contributed by atoms with Crippen LogP contribution in [-0.4, -0.2) is 43.8 Å². The minimum absolute atomic E-state index is 0.153. The molecule has 0 aromatic heterocycles. The lowest BCUT2D eigenvalue weighted by Crippen LogP contribution is -2.51. The van der Waals surface area contributed by atoms with Crippen molar-refractivity contribution in [2.24, 2.45) is 17.6 Å². The van der Waals surface area contributed by atoms with Crippen molar-refractivity contribution in [2.45, 2.75) is 38.1 Å². The van der Waals surface area contributed by atoms with Gasteiger partial charge in [0.2, 0.25) is 0 Å². The van der Waals surface area contributed by atoms with E-state index in [2.05, 4.69) is 11.8 Å². The highest BCUT2D eigenvalue weighted by atomic mass is 16.5. The molecule has 16 heavy (non-hydrogen) atoms. The molecule has 1 heterocycles. The Morgan fingerprint density at radius 3 is 2.44 bits per heavy atom. The molecule has 3 heteroatoms. The number of hydrogen-bond donors (Lipinski definition) is 1. The number of fused-ring (bicyclic) bond motifs is 1. The van der Waals surface area contributed by atoms with Crippen LogP contribution in [0, 0.1) is 11.8 Å². The minimum Gasteiger partial charge on any atom is -0.385 e. The molecular weight excluding hydrogens is 200 g/mol. The van der Waals surface area contributed by atoms with Crippen LogP contribution >= 0.6 is 0 Å². The van der Waals surface area contributed by atoms with Gasteiger partial charge in [-0.3, -0.25) is 4.90 Å². The zero-order chi connectivity index (χ0) is 11.6. The molecule has 1 saturated carbocycles. The smallest absolute Gasteiger partial charge is 0.0480 e. The van der Waals surface area contributed by atoms with Crippen LogP contribution < -0.4 is 5.73 Å². The molecule has 94 valence electrons. The van der Waals surface area contributed by atoms with E-state index in [0.29, 0.717) is 0 Å². The third-order valence-corrected chi connectivity index (χ3v) is 4.77. The summed E-state index contributed by atoms with van der Waals surface area (Å²) in [6.07, 6.45) is 5.37. The molecular formula is C13H26N2O. The molecule has 1 saturated heterocycles. The summed E-state index contributed by atoms with van der Waals surface area (Å²) in [6, 6.07) is 0. The van der Waals surface area contributed by atoms with Gasteiger partial charge in [-0.25, -0.2) is 0 Å². The highest BCUT2D eigenvalue weighted by Gasteiger charge is 2.42. The maximum Gasteiger partial charge on any atom is 0.0480 e. The average molecular weight is 226 g/mol. The second kappa shape index (κ2) is 5.03. The molecule has 1 aliphatic heterocycles. The van der Waals surface area contributed by atoms with Crippen molar-refractivity contribution in [3.05, 3.63) is 0 Å². The van der Waals surface area contributed by atoms with Crippen molar-refractivity contribution in [3.63, 3.8) is 0 Å². The number of ether oxygens (including phenoxy) is 1. The quantitative estimate of drug-likeness (QED) is 0.771. The Balaban J connectivity index is 1.94. The molecule has 3 unspecified atom stereocenters. The zero-order valence-electron chi connectivity index (χ0n) is 10.7. The predicted molar refractivity (Wildman–Crippen MR) is 66.4 cm³/mol. The first-order valence-corrected chi connectivity index (χ1v) is 6.63. The summed E-state index contributed by atoms with van der Waals surface area (Å²) in [5.74, 6) is 1.90. The summed E-state index contributed by atoms with van der Waals surface area (Å²) in [6.45, 7) is 6.40. The van der Waals surface area contributed by atoms with Gasteiger partial charge in [0.05, 0.1) is 0 Å². The Morgan fingerprint density at radius 1 is 1.31 bits per heavy atom. The van der Waals surface area contributed by atoms with Crippen LogP contribution in [0.15, 0.2) is 0 Å². The van der Waals surface area contributed by atoms with Crippen molar-refractivity contribution >= 4 is 0 Å². The molecule has 2 rings (SSSR count). The van der Waals surface area contributed by atoms with Gasteiger partial charge in [-0.15, -0.1) is 0 Å². The van der Waals surface area contributed by atoms with E-state index < -0.39 is 0 Å². The van der Waals surface area contributed by atoms with E-state index in [1.807, 2.05) is 0 Å². The third-order valence-electron chi connectivity index (χ3n) is 4.77. The van der Waals surface area contributed by atoms with Gasteiger partial charge < -0.3 is 10.5 Å². The Kier molecular flexibility index (Phi) is 3.88. The van der Waals surface area contributed by atoms with Crippen molar-refractivity contribution < 1.29 is 4.74 Å². The first-order chi connectivity index (χ1) is 7.69. The summed E-state index contributed by atoms with van der Waals surface area (Å²) in [4.78, 5) is 2.63. The lowest BCUT2D eigenvalue weighted by Gasteiger charge is -2.38. The standard InChI is InChI=1S/C13H26N2O/c1-13(10-14,6-7-16-2)15-8-11-4-3-5-12(11)9-15/h11-12H,3-10,14H2,1-2H3. The molecule has 2 fully saturated rings. The lowest BCUT2D eigenvalue weighted by atomic mass is 9.96. The summed E-state index contributed by atoms with van der Waals surface area (Å²) in [7, 11) is 1.77. The van der Waals surface area contributed by atoms with Crippen molar-refractivity contribution in [1.82, 2.24) is 4.90 Å². The maximum absolute atomic E-state index is 5.98. The predicted octanol–water partition coefficient (Wildman–Crippen LogP) is 1.47. The van der Waals surface area contributed by atoms with Gasteiger partial charge in [0, 0.05) is 38.9 Å². The van der Waals surface area contributed by atoms with Gasteiger partial charge in [-0.05, 0) is 38.0 Å². The van der Waals surface area contributed by atoms with Gasteiger partial charge in [-0.1, -0.05) is 6.42 Å². The van der Waals surface area contributed by atoms with Crippen LogP contribution in [0.25, 0.3) is 0 Å². The Hall–Kier alpha value is -0.120. The van der Waals surface area contributed by atoms with Crippen molar-refractivity contribution in [1.29, 1.82) is 0 Å². The number of hydrogen-bond acceptors (Lipinski definition) is 3. The topological polar surface area (TPSA) is 38.5 Å². The number of likely N-dealkylation sites (tertiary alicyclic amines) is 1. The molecule has 0 spiro atoms. The van der Waals surface area contributed by atoms with Crippen LogP contribution in [0.5, 0.6) is 0 Å². The molecule has 0 bridgehead atoms. The second-order valence-electron chi connectivity index (χ2n) is 5.80. The molecule has 0 aromatic carbocycles. The number of nitrogens with two attached hydrogens (primary N) is 1. The fourth-order valence-electron chi connectivity index (χ4n) is 3.39. The zero-order valence-corrected chi connectivity index (χ0v) is 10.7. The normalized spacial score (nSPS) is 33.9. The number of rotatable bonds is 5. The molecule has 2 aliphatic rings.